The molecule has 2 unspecified atom stereocenters. The Bertz CT molecular complexity index is 619. The van der Waals surface area contributed by atoms with Crippen molar-refractivity contribution in [3.05, 3.63) is 29.8 Å². The van der Waals surface area contributed by atoms with Crippen LogP contribution in [0.4, 0.5) is 0 Å². The zero-order chi connectivity index (χ0) is 15.6. The molecule has 0 saturated heterocycles. The first-order valence-corrected chi connectivity index (χ1v) is 8.81. The summed E-state index contributed by atoms with van der Waals surface area (Å²) >= 11 is 0. The molecule has 5 heteroatoms. The monoisotopic (exact) mass is 310 g/mol. The maximum atomic E-state index is 12.2. The molecule has 1 aromatic carbocycles. The lowest BCUT2D eigenvalue weighted by atomic mass is 10.1. The van der Waals surface area contributed by atoms with E-state index in [0.29, 0.717) is 10.8 Å². The van der Waals surface area contributed by atoms with Gasteiger partial charge in [-0.05, 0) is 56.7 Å². The summed E-state index contributed by atoms with van der Waals surface area (Å²) in [5.41, 5.74) is 1.01. The second-order valence-corrected chi connectivity index (χ2v) is 8.41. The van der Waals surface area contributed by atoms with E-state index in [-0.39, 0.29) is 11.9 Å². The third kappa shape index (κ3) is 3.64. The van der Waals surface area contributed by atoms with E-state index in [1.807, 2.05) is 6.07 Å². The second-order valence-electron chi connectivity index (χ2n) is 5.91. The highest BCUT2D eigenvalue weighted by Gasteiger charge is 2.43. The molecule has 0 aliphatic heterocycles. The number of hydrogen-bond donors (Lipinski definition) is 0. The zero-order valence-electron chi connectivity index (χ0n) is 12.7. The number of methoxy groups -OCH3 is 1. The highest BCUT2D eigenvalue weighted by molar-refractivity contribution is 7.92. The third-order valence-electron chi connectivity index (χ3n) is 4.08. The Hall–Kier alpha value is -1.36. The highest BCUT2D eigenvalue weighted by atomic mass is 32.2. The zero-order valence-corrected chi connectivity index (χ0v) is 13.5. The molecular weight excluding hydrogens is 288 g/mol. The first-order valence-electron chi connectivity index (χ1n) is 7.27. The van der Waals surface area contributed by atoms with Gasteiger partial charge in [0.15, 0.2) is 9.84 Å². The van der Waals surface area contributed by atoms with Crippen LogP contribution in [-0.4, -0.2) is 26.7 Å². The summed E-state index contributed by atoms with van der Waals surface area (Å²) in [5, 5.41) is -0.417. The lowest BCUT2D eigenvalue weighted by molar-refractivity contribution is -0.142. The molecular formula is C16H22O4S. The van der Waals surface area contributed by atoms with Crippen molar-refractivity contribution < 1.29 is 17.9 Å². The quantitative estimate of drug-likeness (QED) is 0.758. The van der Waals surface area contributed by atoms with E-state index < -0.39 is 15.1 Å². The Labute approximate surface area is 126 Å². The Balaban J connectivity index is 1.99. The number of carbonyl (C=O) groups excluding carboxylic acids is 1. The van der Waals surface area contributed by atoms with Crippen molar-refractivity contribution in [2.45, 2.75) is 43.3 Å². The number of ether oxygens (including phenoxy) is 1. The predicted molar refractivity (Wildman–Crippen MR) is 80.7 cm³/mol. The van der Waals surface area contributed by atoms with Gasteiger partial charge in [-0.2, -0.15) is 0 Å². The molecule has 0 spiro atoms. The van der Waals surface area contributed by atoms with Crippen LogP contribution in [-0.2, 0) is 25.8 Å². The van der Waals surface area contributed by atoms with Crippen LogP contribution in [0.1, 0.15) is 32.3 Å². The minimum absolute atomic E-state index is 0.0394. The average Bonchev–Trinajstić information content (AvgIpc) is 3.24. The van der Waals surface area contributed by atoms with E-state index in [9.17, 15) is 13.2 Å². The normalized spacial score (nSPS) is 21.3. The van der Waals surface area contributed by atoms with Crippen molar-refractivity contribution >= 4 is 15.8 Å². The predicted octanol–water partition coefficient (Wildman–Crippen LogP) is 2.61. The molecule has 1 aromatic rings. The maximum absolute atomic E-state index is 12.2. The molecule has 0 amide bonds. The van der Waals surface area contributed by atoms with Gasteiger partial charge >= 0.3 is 5.97 Å². The van der Waals surface area contributed by atoms with Crippen LogP contribution in [0.5, 0.6) is 0 Å². The highest BCUT2D eigenvalue weighted by Crippen LogP contribution is 2.42. The first kappa shape index (κ1) is 16.0. The van der Waals surface area contributed by atoms with E-state index in [2.05, 4.69) is 0 Å². The van der Waals surface area contributed by atoms with Crippen LogP contribution >= 0.6 is 0 Å². The van der Waals surface area contributed by atoms with E-state index in [1.54, 1.807) is 32.0 Å². The SMILES string of the molecule is COC(=O)C1CC1CCc1cccc(S(=O)(=O)C(C)C)c1. The Morgan fingerprint density at radius 2 is 2.10 bits per heavy atom. The van der Waals surface area contributed by atoms with Crippen LogP contribution in [0.25, 0.3) is 0 Å². The van der Waals surface area contributed by atoms with E-state index in [0.717, 1.165) is 24.8 Å². The molecule has 1 fully saturated rings. The van der Waals surface area contributed by atoms with Crippen molar-refractivity contribution in [1.29, 1.82) is 0 Å². The number of aryl methyl sites for hydroxylation is 1. The lowest BCUT2D eigenvalue weighted by Crippen LogP contribution is -2.14. The van der Waals surface area contributed by atoms with Crippen LogP contribution in [0.2, 0.25) is 0 Å². The molecule has 0 heterocycles. The van der Waals surface area contributed by atoms with Gasteiger partial charge in [0.25, 0.3) is 0 Å². The molecule has 0 radical (unpaired) electrons. The van der Waals surface area contributed by atoms with Crippen LogP contribution in [0.3, 0.4) is 0 Å². The van der Waals surface area contributed by atoms with E-state index in [1.165, 1.54) is 7.11 Å². The lowest BCUT2D eigenvalue weighted by Gasteiger charge is -2.09. The maximum Gasteiger partial charge on any atom is 0.308 e. The van der Waals surface area contributed by atoms with Crippen molar-refractivity contribution in [2.75, 3.05) is 7.11 Å². The Morgan fingerprint density at radius 3 is 2.71 bits per heavy atom. The fourth-order valence-electron chi connectivity index (χ4n) is 2.51. The Morgan fingerprint density at radius 1 is 1.38 bits per heavy atom. The number of carbonyl (C=O) groups is 1. The van der Waals surface area contributed by atoms with Crippen LogP contribution < -0.4 is 0 Å². The van der Waals surface area contributed by atoms with Crippen molar-refractivity contribution in [1.82, 2.24) is 0 Å². The van der Waals surface area contributed by atoms with Crippen LogP contribution in [0.15, 0.2) is 29.2 Å². The fraction of sp³-hybridized carbons (Fsp3) is 0.562. The summed E-state index contributed by atoms with van der Waals surface area (Å²) in [7, 11) is -1.81. The fourth-order valence-corrected chi connectivity index (χ4v) is 3.64. The average molecular weight is 310 g/mol. The summed E-state index contributed by atoms with van der Waals surface area (Å²) in [6.45, 7) is 3.38. The smallest absolute Gasteiger partial charge is 0.308 e. The molecule has 2 atom stereocenters. The first-order chi connectivity index (χ1) is 9.86. The van der Waals surface area contributed by atoms with Gasteiger partial charge in [-0.1, -0.05) is 12.1 Å². The summed E-state index contributed by atoms with van der Waals surface area (Å²) in [6, 6.07) is 7.13. The number of hydrogen-bond acceptors (Lipinski definition) is 4. The molecule has 1 saturated carbocycles. The molecule has 1 aliphatic rings. The summed E-state index contributed by atoms with van der Waals surface area (Å²) < 4.78 is 29.0. The summed E-state index contributed by atoms with van der Waals surface area (Å²) in [6.07, 6.45) is 2.57. The number of sulfone groups is 1. The molecule has 116 valence electrons. The van der Waals surface area contributed by atoms with Gasteiger partial charge in [-0.15, -0.1) is 0 Å². The van der Waals surface area contributed by atoms with Crippen LogP contribution in [0, 0.1) is 11.8 Å². The van der Waals surface area contributed by atoms with Gasteiger partial charge in [0.2, 0.25) is 0 Å². The minimum atomic E-state index is -3.22. The van der Waals surface area contributed by atoms with Crippen molar-refractivity contribution in [3.8, 4) is 0 Å². The third-order valence-corrected chi connectivity index (χ3v) is 6.23. The van der Waals surface area contributed by atoms with Crippen molar-refractivity contribution in [2.24, 2.45) is 11.8 Å². The van der Waals surface area contributed by atoms with Gasteiger partial charge < -0.3 is 4.74 Å². The van der Waals surface area contributed by atoms with Gasteiger partial charge in [0, 0.05) is 0 Å². The van der Waals surface area contributed by atoms with E-state index in [4.69, 9.17) is 4.74 Å². The topological polar surface area (TPSA) is 60.4 Å². The molecule has 0 bridgehead atoms. The van der Waals surface area contributed by atoms with Gasteiger partial charge in [0.1, 0.15) is 0 Å². The second kappa shape index (κ2) is 6.18. The largest absolute Gasteiger partial charge is 0.469 e. The standard InChI is InChI=1S/C16H22O4S/c1-11(2)21(18,19)14-6-4-5-12(9-14)7-8-13-10-15(13)16(17)20-3/h4-6,9,11,13,15H,7-8,10H2,1-3H3. The van der Waals surface area contributed by atoms with Gasteiger partial charge in [0.05, 0.1) is 23.2 Å². The van der Waals surface area contributed by atoms with Gasteiger partial charge in [-0.3, -0.25) is 4.79 Å². The number of benzene rings is 1. The molecule has 0 aromatic heterocycles. The Kier molecular flexibility index (Phi) is 4.71. The van der Waals surface area contributed by atoms with Crippen molar-refractivity contribution in [3.63, 3.8) is 0 Å². The number of rotatable bonds is 6. The summed E-state index contributed by atoms with van der Waals surface area (Å²) in [5.74, 6) is 0.288. The molecule has 21 heavy (non-hydrogen) atoms. The van der Waals surface area contributed by atoms with E-state index >= 15 is 0 Å². The molecule has 0 N–H and O–H groups in total. The molecule has 2 rings (SSSR count). The summed E-state index contributed by atoms with van der Waals surface area (Å²) in [4.78, 5) is 11.7. The molecule has 4 nitrogen and oxygen atoms in total. The minimum Gasteiger partial charge on any atom is -0.469 e. The van der Waals surface area contributed by atoms with Gasteiger partial charge in [-0.25, -0.2) is 8.42 Å². The number of esters is 1. The molecule has 1 aliphatic carbocycles.